The van der Waals surface area contributed by atoms with E-state index in [9.17, 15) is 0 Å². The molecule has 1 aliphatic heterocycles. The predicted molar refractivity (Wildman–Crippen MR) is 82.1 cm³/mol. The minimum atomic E-state index is -0.0570. The van der Waals surface area contributed by atoms with Gasteiger partial charge in [0.05, 0.1) is 12.1 Å². The van der Waals surface area contributed by atoms with Crippen LogP contribution in [-0.4, -0.2) is 23.7 Å². The van der Waals surface area contributed by atoms with Gasteiger partial charge in [0.15, 0.2) is 0 Å². The molecule has 98 valence electrons. The molecule has 3 nitrogen and oxygen atoms in total. The Bertz CT molecular complexity index is 458. The number of rotatable bonds is 3. The number of hydrogen-bond acceptors (Lipinski definition) is 3. The fourth-order valence-corrected chi connectivity index (χ4v) is 2.73. The number of thiocarbonyl (C=S) groups is 1. The number of anilines is 1. The molecule has 2 rings (SSSR count). The van der Waals surface area contributed by atoms with Gasteiger partial charge in [-0.05, 0) is 38.0 Å². The van der Waals surface area contributed by atoms with Gasteiger partial charge in [-0.15, -0.1) is 0 Å². The van der Waals surface area contributed by atoms with E-state index >= 15 is 0 Å². The number of halogens is 1. The molecule has 0 spiro atoms. The van der Waals surface area contributed by atoms with Crippen LogP contribution in [0.1, 0.15) is 25.3 Å². The predicted octanol–water partition coefficient (Wildman–Crippen LogP) is 3.06. The summed E-state index contributed by atoms with van der Waals surface area (Å²) < 4.78 is 6.55. The first kappa shape index (κ1) is 13.8. The van der Waals surface area contributed by atoms with E-state index in [2.05, 4.69) is 28.2 Å². The van der Waals surface area contributed by atoms with Crippen LogP contribution in [0.15, 0.2) is 22.7 Å². The normalized spacial score (nSPS) is 23.7. The standard InChI is InChI=1S/C13H17BrN2OS/c1-13(5-2-6-17-8-13)16-11-7-9(14)3-4-10(11)12(15)18/h3-4,7,16H,2,5-6,8H2,1H3,(H2,15,18). The molecule has 18 heavy (non-hydrogen) atoms. The Morgan fingerprint density at radius 1 is 1.56 bits per heavy atom. The van der Waals surface area contributed by atoms with E-state index in [0.29, 0.717) is 11.6 Å². The summed E-state index contributed by atoms with van der Waals surface area (Å²) in [6.07, 6.45) is 2.15. The Kier molecular flexibility index (Phi) is 4.25. The second-order valence-electron chi connectivity index (χ2n) is 4.90. The van der Waals surface area contributed by atoms with E-state index < -0.39 is 0 Å². The third-order valence-corrected chi connectivity index (χ3v) is 3.83. The van der Waals surface area contributed by atoms with Gasteiger partial charge < -0.3 is 15.8 Å². The van der Waals surface area contributed by atoms with E-state index in [1.54, 1.807) is 0 Å². The summed E-state index contributed by atoms with van der Waals surface area (Å²) in [6.45, 7) is 3.71. The average molecular weight is 329 g/mol. The third kappa shape index (κ3) is 3.22. The highest BCUT2D eigenvalue weighted by Gasteiger charge is 2.28. The number of nitrogens with two attached hydrogens (primary N) is 1. The molecule has 1 saturated heterocycles. The molecular weight excluding hydrogens is 312 g/mol. The molecule has 1 aliphatic rings. The minimum absolute atomic E-state index is 0.0570. The fraction of sp³-hybridized carbons (Fsp3) is 0.462. The lowest BCUT2D eigenvalue weighted by Crippen LogP contribution is -2.43. The van der Waals surface area contributed by atoms with Crippen LogP contribution in [0.2, 0.25) is 0 Å². The summed E-state index contributed by atoms with van der Waals surface area (Å²) >= 11 is 8.56. The molecule has 1 heterocycles. The Hall–Kier alpha value is -0.650. The minimum Gasteiger partial charge on any atom is -0.389 e. The van der Waals surface area contributed by atoms with E-state index in [1.165, 1.54) is 0 Å². The topological polar surface area (TPSA) is 47.3 Å². The first-order chi connectivity index (χ1) is 8.50. The molecule has 1 atom stereocenters. The summed E-state index contributed by atoms with van der Waals surface area (Å²) in [4.78, 5) is 0.408. The summed E-state index contributed by atoms with van der Waals surface area (Å²) in [5, 5.41) is 3.53. The van der Waals surface area contributed by atoms with Crippen molar-refractivity contribution in [1.29, 1.82) is 0 Å². The summed E-state index contributed by atoms with van der Waals surface area (Å²) in [6, 6.07) is 5.88. The average Bonchev–Trinajstić information content (AvgIpc) is 2.28. The van der Waals surface area contributed by atoms with Crippen LogP contribution in [0.4, 0.5) is 5.69 Å². The van der Waals surface area contributed by atoms with Crippen molar-refractivity contribution in [3.8, 4) is 0 Å². The third-order valence-electron chi connectivity index (χ3n) is 3.12. The zero-order valence-electron chi connectivity index (χ0n) is 10.3. The number of ether oxygens (including phenoxy) is 1. The van der Waals surface area contributed by atoms with Gasteiger partial charge >= 0.3 is 0 Å². The Labute approximate surface area is 121 Å². The first-order valence-electron chi connectivity index (χ1n) is 5.95. The number of nitrogens with one attached hydrogen (secondary N) is 1. The quantitative estimate of drug-likeness (QED) is 0.837. The van der Waals surface area contributed by atoms with Gasteiger partial charge in [0.1, 0.15) is 4.99 Å². The molecular formula is C13H17BrN2OS. The number of hydrogen-bond donors (Lipinski definition) is 2. The van der Waals surface area contributed by atoms with Gasteiger partial charge in [0.25, 0.3) is 0 Å². The molecule has 1 unspecified atom stereocenters. The highest BCUT2D eigenvalue weighted by Crippen LogP contribution is 2.28. The highest BCUT2D eigenvalue weighted by molar-refractivity contribution is 9.10. The zero-order valence-corrected chi connectivity index (χ0v) is 12.7. The van der Waals surface area contributed by atoms with E-state index in [4.69, 9.17) is 22.7 Å². The highest BCUT2D eigenvalue weighted by atomic mass is 79.9. The van der Waals surface area contributed by atoms with Crippen molar-refractivity contribution >= 4 is 38.8 Å². The van der Waals surface area contributed by atoms with Gasteiger partial charge in [0, 0.05) is 22.3 Å². The molecule has 1 aromatic carbocycles. The van der Waals surface area contributed by atoms with E-state index in [1.807, 2.05) is 18.2 Å². The van der Waals surface area contributed by atoms with Crippen molar-refractivity contribution in [2.75, 3.05) is 18.5 Å². The molecule has 5 heteroatoms. The monoisotopic (exact) mass is 328 g/mol. The van der Waals surface area contributed by atoms with Crippen molar-refractivity contribution in [1.82, 2.24) is 0 Å². The smallest absolute Gasteiger partial charge is 0.106 e. The van der Waals surface area contributed by atoms with Gasteiger partial charge in [0.2, 0.25) is 0 Å². The van der Waals surface area contributed by atoms with Crippen molar-refractivity contribution in [2.24, 2.45) is 5.73 Å². The second-order valence-corrected chi connectivity index (χ2v) is 6.25. The van der Waals surface area contributed by atoms with E-state index in [-0.39, 0.29) is 5.54 Å². The van der Waals surface area contributed by atoms with Crippen LogP contribution in [0.3, 0.4) is 0 Å². The molecule has 1 aromatic rings. The Morgan fingerprint density at radius 2 is 2.33 bits per heavy atom. The zero-order chi connectivity index (χ0) is 13.2. The summed E-state index contributed by atoms with van der Waals surface area (Å²) in [5.74, 6) is 0. The van der Waals surface area contributed by atoms with Crippen LogP contribution in [-0.2, 0) is 4.74 Å². The number of benzene rings is 1. The van der Waals surface area contributed by atoms with Crippen LogP contribution in [0.5, 0.6) is 0 Å². The van der Waals surface area contributed by atoms with E-state index in [0.717, 1.165) is 35.2 Å². The Morgan fingerprint density at radius 3 is 2.94 bits per heavy atom. The van der Waals surface area contributed by atoms with Crippen molar-refractivity contribution < 1.29 is 4.74 Å². The lowest BCUT2D eigenvalue weighted by atomic mass is 9.94. The van der Waals surface area contributed by atoms with Crippen LogP contribution in [0, 0.1) is 0 Å². The van der Waals surface area contributed by atoms with Crippen LogP contribution < -0.4 is 11.1 Å². The molecule has 3 N–H and O–H groups in total. The largest absolute Gasteiger partial charge is 0.389 e. The van der Waals surface area contributed by atoms with Gasteiger partial charge in [-0.1, -0.05) is 28.1 Å². The van der Waals surface area contributed by atoms with Crippen molar-refractivity contribution in [3.05, 3.63) is 28.2 Å². The van der Waals surface area contributed by atoms with Crippen LogP contribution in [0.25, 0.3) is 0 Å². The molecule has 1 fully saturated rings. The molecule has 0 radical (unpaired) electrons. The molecule has 0 aliphatic carbocycles. The lowest BCUT2D eigenvalue weighted by Gasteiger charge is -2.36. The molecule has 0 amide bonds. The Balaban J connectivity index is 2.26. The second kappa shape index (κ2) is 5.55. The van der Waals surface area contributed by atoms with Crippen LogP contribution >= 0.6 is 28.1 Å². The summed E-state index contributed by atoms with van der Waals surface area (Å²) in [7, 11) is 0. The first-order valence-corrected chi connectivity index (χ1v) is 7.16. The van der Waals surface area contributed by atoms with Gasteiger partial charge in [-0.2, -0.15) is 0 Å². The summed E-state index contributed by atoms with van der Waals surface area (Å²) in [5.41, 5.74) is 7.54. The maximum Gasteiger partial charge on any atom is 0.106 e. The van der Waals surface area contributed by atoms with Gasteiger partial charge in [-0.25, -0.2) is 0 Å². The fourth-order valence-electron chi connectivity index (χ4n) is 2.19. The maximum atomic E-state index is 5.76. The maximum absolute atomic E-state index is 5.76. The van der Waals surface area contributed by atoms with Crippen molar-refractivity contribution in [2.45, 2.75) is 25.3 Å². The molecule has 0 aromatic heterocycles. The molecule has 0 saturated carbocycles. The molecule has 0 bridgehead atoms. The van der Waals surface area contributed by atoms with Crippen molar-refractivity contribution in [3.63, 3.8) is 0 Å². The lowest BCUT2D eigenvalue weighted by molar-refractivity contribution is 0.0540. The SMILES string of the molecule is CC1(Nc2cc(Br)ccc2C(N)=S)CCCOC1. The van der Waals surface area contributed by atoms with Gasteiger partial charge in [-0.3, -0.25) is 0 Å².